The SMILES string of the molecule is C#Cc1cc(=O)n(C)cc1C(=O)OC. The van der Waals surface area contributed by atoms with Gasteiger partial charge in [-0.3, -0.25) is 4.79 Å². The second-order valence-corrected chi connectivity index (χ2v) is 2.69. The number of pyridine rings is 1. The van der Waals surface area contributed by atoms with E-state index >= 15 is 0 Å². The molecule has 0 fully saturated rings. The molecular formula is C10H9NO3. The van der Waals surface area contributed by atoms with Crippen LogP contribution in [-0.2, 0) is 11.8 Å². The molecule has 0 aliphatic rings. The van der Waals surface area contributed by atoms with Crippen LogP contribution in [-0.4, -0.2) is 17.6 Å². The van der Waals surface area contributed by atoms with Gasteiger partial charge < -0.3 is 9.30 Å². The van der Waals surface area contributed by atoms with E-state index in [1.54, 1.807) is 0 Å². The number of esters is 1. The third-order valence-corrected chi connectivity index (χ3v) is 1.79. The van der Waals surface area contributed by atoms with Gasteiger partial charge in [-0.05, 0) is 0 Å². The average molecular weight is 191 g/mol. The van der Waals surface area contributed by atoms with Gasteiger partial charge in [0, 0.05) is 24.9 Å². The highest BCUT2D eigenvalue weighted by atomic mass is 16.5. The van der Waals surface area contributed by atoms with Gasteiger partial charge in [0.1, 0.15) is 0 Å². The summed E-state index contributed by atoms with van der Waals surface area (Å²) in [5.41, 5.74) is 0.211. The van der Waals surface area contributed by atoms with Crippen molar-refractivity contribution in [2.75, 3.05) is 7.11 Å². The summed E-state index contributed by atoms with van der Waals surface area (Å²) in [5, 5.41) is 0. The second kappa shape index (κ2) is 3.79. The Bertz CT molecular complexity index is 465. The molecule has 0 atom stereocenters. The molecule has 0 saturated carbocycles. The average Bonchev–Trinajstić information content (AvgIpc) is 2.20. The molecule has 72 valence electrons. The summed E-state index contributed by atoms with van der Waals surface area (Å²) in [6, 6.07) is 1.23. The fourth-order valence-corrected chi connectivity index (χ4v) is 1.02. The number of methoxy groups -OCH3 is 1. The summed E-state index contributed by atoms with van der Waals surface area (Å²) in [4.78, 5) is 22.4. The van der Waals surface area contributed by atoms with Crippen molar-refractivity contribution in [2.24, 2.45) is 7.05 Å². The topological polar surface area (TPSA) is 48.3 Å². The first-order chi connectivity index (χ1) is 6.60. The molecule has 0 bridgehead atoms. The zero-order valence-electron chi connectivity index (χ0n) is 7.90. The second-order valence-electron chi connectivity index (χ2n) is 2.69. The van der Waals surface area contributed by atoms with Crippen molar-refractivity contribution in [2.45, 2.75) is 0 Å². The van der Waals surface area contributed by atoms with Gasteiger partial charge in [0.25, 0.3) is 5.56 Å². The minimum Gasteiger partial charge on any atom is -0.465 e. The van der Waals surface area contributed by atoms with E-state index < -0.39 is 5.97 Å². The van der Waals surface area contributed by atoms with Gasteiger partial charge in [-0.15, -0.1) is 6.42 Å². The van der Waals surface area contributed by atoms with Crippen molar-refractivity contribution in [3.05, 3.63) is 33.7 Å². The molecule has 1 rings (SSSR count). The standard InChI is InChI=1S/C10H9NO3/c1-4-7-5-9(12)11(2)6-8(7)10(13)14-3/h1,5-6H,2-3H3. The molecule has 0 aliphatic carbocycles. The predicted molar refractivity (Wildman–Crippen MR) is 51.0 cm³/mol. The van der Waals surface area contributed by atoms with Crippen LogP contribution in [0.2, 0.25) is 0 Å². The van der Waals surface area contributed by atoms with Crippen LogP contribution < -0.4 is 5.56 Å². The number of rotatable bonds is 1. The van der Waals surface area contributed by atoms with Crippen LogP contribution >= 0.6 is 0 Å². The Morgan fingerprint density at radius 3 is 2.79 bits per heavy atom. The Labute approximate surface area is 81.1 Å². The molecule has 0 N–H and O–H groups in total. The molecule has 0 aliphatic heterocycles. The third-order valence-electron chi connectivity index (χ3n) is 1.79. The van der Waals surface area contributed by atoms with Gasteiger partial charge >= 0.3 is 5.97 Å². The van der Waals surface area contributed by atoms with E-state index in [1.807, 2.05) is 0 Å². The van der Waals surface area contributed by atoms with E-state index in [0.29, 0.717) is 0 Å². The highest BCUT2D eigenvalue weighted by molar-refractivity contribution is 5.91. The van der Waals surface area contributed by atoms with Crippen molar-refractivity contribution < 1.29 is 9.53 Å². The van der Waals surface area contributed by atoms with Crippen LogP contribution in [0.25, 0.3) is 0 Å². The van der Waals surface area contributed by atoms with Gasteiger partial charge in [-0.25, -0.2) is 4.79 Å². The predicted octanol–water partition coefficient (Wildman–Crippen LogP) is 0.153. The van der Waals surface area contributed by atoms with Crippen LogP contribution in [0.15, 0.2) is 17.1 Å². The van der Waals surface area contributed by atoms with Crippen molar-refractivity contribution in [3.8, 4) is 12.3 Å². The summed E-state index contributed by atoms with van der Waals surface area (Å²) in [7, 11) is 2.79. The molecule has 0 amide bonds. The number of hydrogen-bond donors (Lipinski definition) is 0. The summed E-state index contributed by atoms with van der Waals surface area (Å²) in [6.07, 6.45) is 6.52. The summed E-state index contributed by atoms with van der Waals surface area (Å²) >= 11 is 0. The Morgan fingerprint density at radius 1 is 1.64 bits per heavy atom. The first-order valence-corrected chi connectivity index (χ1v) is 3.85. The van der Waals surface area contributed by atoms with Gasteiger partial charge in [-0.2, -0.15) is 0 Å². The lowest BCUT2D eigenvalue weighted by Gasteiger charge is -2.04. The van der Waals surface area contributed by atoms with Crippen molar-refractivity contribution in [3.63, 3.8) is 0 Å². The Hall–Kier alpha value is -2.02. The van der Waals surface area contributed by atoms with Crippen LogP contribution in [0.3, 0.4) is 0 Å². The number of aryl methyl sites for hydroxylation is 1. The van der Waals surface area contributed by atoms with E-state index in [9.17, 15) is 9.59 Å². The number of terminal acetylenes is 1. The maximum Gasteiger partial charge on any atom is 0.340 e. The molecule has 0 spiro atoms. The Kier molecular flexibility index (Phi) is 2.73. The molecular weight excluding hydrogens is 182 g/mol. The molecule has 1 heterocycles. The highest BCUT2D eigenvalue weighted by Crippen LogP contribution is 2.05. The first-order valence-electron chi connectivity index (χ1n) is 3.85. The number of carbonyl (C=O) groups is 1. The maximum atomic E-state index is 11.2. The smallest absolute Gasteiger partial charge is 0.340 e. The lowest BCUT2D eigenvalue weighted by molar-refractivity contribution is 0.0599. The molecule has 14 heavy (non-hydrogen) atoms. The van der Waals surface area contributed by atoms with Gasteiger partial charge in [0.2, 0.25) is 0 Å². The fourth-order valence-electron chi connectivity index (χ4n) is 1.02. The number of carbonyl (C=O) groups excluding carboxylic acids is 1. The third kappa shape index (κ3) is 1.67. The van der Waals surface area contributed by atoms with Crippen molar-refractivity contribution in [1.29, 1.82) is 0 Å². The number of aromatic nitrogens is 1. The van der Waals surface area contributed by atoms with E-state index in [4.69, 9.17) is 6.42 Å². The van der Waals surface area contributed by atoms with E-state index in [1.165, 1.54) is 31.0 Å². The largest absolute Gasteiger partial charge is 0.465 e. The number of nitrogens with zero attached hydrogens (tertiary/aromatic N) is 1. The molecule has 0 aromatic carbocycles. The highest BCUT2D eigenvalue weighted by Gasteiger charge is 2.11. The van der Waals surface area contributed by atoms with Crippen LogP contribution in [0.5, 0.6) is 0 Å². The lowest BCUT2D eigenvalue weighted by Crippen LogP contribution is -2.19. The zero-order chi connectivity index (χ0) is 10.7. The quantitative estimate of drug-likeness (QED) is 0.469. The number of ether oxygens (including phenoxy) is 1. The molecule has 1 aromatic heterocycles. The molecule has 0 saturated heterocycles. The van der Waals surface area contributed by atoms with Gasteiger partial charge in [0.05, 0.1) is 12.7 Å². The Balaban J connectivity index is 3.44. The van der Waals surface area contributed by atoms with Gasteiger partial charge in [0.15, 0.2) is 0 Å². The monoisotopic (exact) mass is 191 g/mol. The van der Waals surface area contributed by atoms with Crippen LogP contribution in [0.4, 0.5) is 0 Å². The molecule has 1 aromatic rings. The summed E-state index contributed by atoms with van der Waals surface area (Å²) in [5.74, 6) is 1.72. The van der Waals surface area contributed by atoms with E-state index in [0.717, 1.165) is 0 Å². The fraction of sp³-hybridized carbons (Fsp3) is 0.200. The molecule has 0 radical (unpaired) electrons. The molecule has 0 unspecified atom stereocenters. The molecule has 4 heteroatoms. The lowest BCUT2D eigenvalue weighted by atomic mass is 10.1. The minimum absolute atomic E-state index is 0.220. The van der Waals surface area contributed by atoms with Crippen LogP contribution in [0, 0.1) is 12.3 Å². The van der Waals surface area contributed by atoms with Gasteiger partial charge in [-0.1, -0.05) is 5.92 Å². The van der Waals surface area contributed by atoms with E-state index in [-0.39, 0.29) is 16.7 Å². The Morgan fingerprint density at radius 2 is 2.29 bits per heavy atom. The minimum atomic E-state index is -0.548. The summed E-state index contributed by atoms with van der Waals surface area (Å²) in [6.45, 7) is 0. The first kappa shape index (κ1) is 10.1. The van der Waals surface area contributed by atoms with Crippen molar-refractivity contribution >= 4 is 5.97 Å². The van der Waals surface area contributed by atoms with E-state index in [2.05, 4.69) is 10.7 Å². The maximum absolute atomic E-state index is 11.2. The zero-order valence-corrected chi connectivity index (χ0v) is 7.90. The summed E-state index contributed by atoms with van der Waals surface area (Å²) < 4.78 is 5.79. The van der Waals surface area contributed by atoms with Crippen molar-refractivity contribution in [1.82, 2.24) is 4.57 Å². The normalized spacial score (nSPS) is 9.21. The van der Waals surface area contributed by atoms with Crippen LogP contribution in [0.1, 0.15) is 15.9 Å². The number of hydrogen-bond acceptors (Lipinski definition) is 3. The molecule has 4 nitrogen and oxygen atoms in total.